The van der Waals surface area contributed by atoms with Gasteiger partial charge in [0, 0.05) is 18.5 Å². The smallest absolute Gasteiger partial charge is 0.230 e. The highest BCUT2D eigenvalue weighted by molar-refractivity contribution is 7.15. The largest absolute Gasteiger partial charge is 0.310 e. The maximum atomic E-state index is 12.2. The van der Waals surface area contributed by atoms with E-state index < -0.39 is 0 Å². The van der Waals surface area contributed by atoms with Crippen molar-refractivity contribution in [2.24, 2.45) is 11.8 Å². The Morgan fingerprint density at radius 2 is 2.32 bits per heavy atom. The third-order valence-electron chi connectivity index (χ3n) is 3.92. The summed E-state index contributed by atoms with van der Waals surface area (Å²) in [5, 5.41) is 16.2. The lowest BCUT2D eigenvalue weighted by Gasteiger charge is -2.18. The highest BCUT2D eigenvalue weighted by Gasteiger charge is 2.42. The van der Waals surface area contributed by atoms with Gasteiger partial charge < -0.3 is 10.6 Å². The van der Waals surface area contributed by atoms with Gasteiger partial charge in [0.1, 0.15) is 5.01 Å². The molecule has 0 aliphatic carbocycles. The van der Waals surface area contributed by atoms with Crippen LogP contribution in [-0.2, 0) is 11.2 Å². The number of hydrogen-bond acceptors (Lipinski definition) is 5. The summed E-state index contributed by atoms with van der Waals surface area (Å²) in [4.78, 5) is 12.2. The van der Waals surface area contributed by atoms with Crippen LogP contribution >= 0.6 is 11.3 Å². The first-order valence-corrected chi connectivity index (χ1v) is 7.82. The van der Waals surface area contributed by atoms with E-state index in [1.807, 2.05) is 0 Å². The van der Waals surface area contributed by atoms with Crippen LogP contribution in [0.25, 0.3) is 0 Å². The Morgan fingerprint density at radius 1 is 1.47 bits per heavy atom. The molecule has 2 fully saturated rings. The SMILES string of the molecule is CC(C)Cc1nnc(NC(=O)C2CC3CCC2N3)s1. The molecule has 3 heterocycles. The monoisotopic (exact) mass is 280 g/mol. The van der Waals surface area contributed by atoms with Crippen LogP contribution in [-0.4, -0.2) is 28.2 Å². The summed E-state index contributed by atoms with van der Waals surface area (Å²) in [5.41, 5.74) is 0. The van der Waals surface area contributed by atoms with Crippen molar-refractivity contribution in [1.82, 2.24) is 15.5 Å². The Balaban J connectivity index is 1.59. The zero-order valence-corrected chi connectivity index (χ0v) is 12.2. The Hall–Kier alpha value is -1.01. The molecule has 0 spiro atoms. The molecule has 0 radical (unpaired) electrons. The van der Waals surface area contributed by atoms with Crippen molar-refractivity contribution in [3.63, 3.8) is 0 Å². The zero-order valence-electron chi connectivity index (χ0n) is 11.3. The molecular formula is C13H20N4OS. The maximum absolute atomic E-state index is 12.2. The van der Waals surface area contributed by atoms with Crippen molar-refractivity contribution in [2.45, 2.75) is 51.6 Å². The molecule has 3 atom stereocenters. The van der Waals surface area contributed by atoms with E-state index in [2.05, 4.69) is 34.7 Å². The molecule has 104 valence electrons. The predicted molar refractivity (Wildman–Crippen MR) is 75.1 cm³/mol. The van der Waals surface area contributed by atoms with E-state index in [0.29, 0.717) is 23.1 Å². The number of nitrogens with one attached hydrogen (secondary N) is 2. The fraction of sp³-hybridized carbons (Fsp3) is 0.769. The average Bonchev–Trinajstić information content (AvgIpc) is 3.04. The summed E-state index contributed by atoms with van der Waals surface area (Å²) < 4.78 is 0. The van der Waals surface area contributed by atoms with Crippen LogP contribution in [0.4, 0.5) is 5.13 Å². The van der Waals surface area contributed by atoms with E-state index in [1.54, 1.807) is 0 Å². The van der Waals surface area contributed by atoms with Crippen molar-refractivity contribution >= 4 is 22.4 Å². The average molecular weight is 280 g/mol. The molecule has 2 bridgehead atoms. The van der Waals surface area contributed by atoms with Gasteiger partial charge in [0.05, 0.1) is 5.92 Å². The molecule has 3 unspecified atom stereocenters. The normalized spacial score (nSPS) is 29.1. The van der Waals surface area contributed by atoms with Gasteiger partial charge in [-0.25, -0.2) is 0 Å². The predicted octanol–water partition coefficient (Wildman–Crippen LogP) is 1.82. The number of carbonyl (C=O) groups excluding carboxylic acids is 1. The van der Waals surface area contributed by atoms with Gasteiger partial charge in [0.15, 0.2) is 0 Å². The molecule has 19 heavy (non-hydrogen) atoms. The third kappa shape index (κ3) is 2.79. The molecular weight excluding hydrogens is 260 g/mol. The molecule has 3 rings (SSSR count). The number of nitrogens with zero attached hydrogens (tertiary/aromatic N) is 2. The fourth-order valence-corrected chi connectivity index (χ4v) is 4.00. The van der Waals surface area contributed by atoms with Crippen molar-refractivity contribution in [3.8, 4) is 0 Å². The number of anilines is 1. The summed E-state index contributed by atoms with van der Waals surface area (Å²) in [5.74, 6) is 0.773. The molecule has 2 aliphatic heterocycles. The number of amides is 1. The van der Waals surface area contributed by atoms with Gasteiger partial charge in [-0.3, -0.25) is 4.79 Å². The van der Waals surface area contributed by atoms with E-state index in [1.165, 1.54) is 17.8 Å². The van der Waals surface area contributed by atoms with E-state index in [9.17, 15) is 4.79 Å². The second-order valence-corrected chi connectivity index (χ2v) is 7.04. The lowest BCUT2D eigenvalue weighted by Crippen LogP contribution is -2.32. The highest BCUT2D eigenvalue weighted by atomic mass is 32.1. The second-order valence-electron chi connectivity index (χ2n) is 5.98. The number of hydrogen-bond donors (Lipinski definition) is 2. The zero-order chi connectivity index (χ0) is 13.4. The van der Waals surface area contributed by atoms with Crippen LogP contribution < -0.4 is 10.6 Å². The van der Waals surface area contributed by atoms with Crippen LogP contribution in [0.1, 0.15) is 38.1 Å². The first kappa shape index (κ1) is 13.0. The van der Waals surface area contributed by atoms with E-state index in [4.69, 9.17) is 0 Å². The lowest BCUT2D eigenvalue weighted by atomic mass is 9.88. The topological polar surface area (TPSA) is 66.9 Å². The molecule has 1 aromatic heterocycles. The minimum absolute atomic E-state index is 0.104. The number of fused-ring (bicyclic) bond motifs is 2. The van der Waals surface area contributed by atoms with Crippen molar-refractivity contribution < 1.29 is 4.79 Å². The minimum atomic E-state index is 0.104. The van der Waals surface area contributed by atoms with Gasteiger partial charge >= 0.3 is 0 Å². The van der Waals surface area contributed by atoms with Crippen LogP contribution in [0.3, 0.4) is 0 Å². The van der Waals surface area contributed by atoms with Crippen LogP contribution in [0, 0.1) is 11.8 Å². The minimum Gasteiger partial charge on any atom is -0.310 e. The van der Waals surface area contributed by atoms with Gasteiger partial charge in [-0.1, -0.05) is 25.2 Å². The summed E-state index contributed by atoms with van der Waals surface area (Å²) >= 11 is 1.49. The molecule has 5 nitrogen and oxygen atoms in total. The summed E-state index contributed by atoms with van der Waals surface area (Å²) in [6.45, 7) is 4.31. The molecule has 2 saturated heterocycles. The molecule has 1 aromatic rings. The molecule has 0 aromatic carbocycles. The summed E-state index contributed by atoms with van der Waals surface area (Å²) in [6.07, 6.45) is 4.22. The fourth-order valence-electron chi connectivity index (χ4n) is 3.05. The van der Waals surface area contributed by atoms with E-state index in [-0.39, 0.29) is 11.8 Å². The van der Waals surface area contributed by atoms with Crippen LogP contribution in [0.5, 0.6) is 0 Å². The Bertz CT molecular complexity index is 473. The van der Waals surface area contributed by atoms with Crippen LogP contribution in [0.15, 0.2) is 0 Å². The Labute approximate surface area is 117 Å². The van der Waals surface area contributed by atoms with Gasteiger partial charge in [-0.15, -0.1) is 10.2 Å². The molecule has 2 aliphatic rings. The number of carbonyl (C=O) groups is 1. The second kappa shape index (κ2) is 5.17. The number of rotatable bonds is 4. The molecule has 1 amide bonds. The first-order valence-electron chi connectivity index (χ1n) is 7.01. The molecule has 0 saturated carbocycles. The van der Waals surface area contributed by atoms with E-state index in [0.717, 1.165) is 24.3 Å². The number of aromatic nitrogens is 2. The van der Waals surface area contributed by atoms with Gasteiger partial charge in [0.25, 0.3) is 0 Å². The van der Waals surface area contributed by atoms with Crippen molar-refractivity contribution in [2.75, 3.05) is 5.32 Å². The first-order chi connectivity index (χ1) is 9.11. The standard InChI is InChI=1S/C13H20N4OS/c1-7(2)5-11-16-17-13(19-11)15-12(18)9-6-8-3-4-10(9)14-8/h7-10,14H,3-6H2,1-2H3,(H,15,17,18). The van der Waals surface area contributed by atoms with Gasteiger partial charge in [0.2, 0.25) is 11.0 Å². The lowest BCUT2D eigenvalue weighted by molar-refractivity contribution is -0.120. The van der Waals surface area contributed by atoms with Crippen molar-refractivity contribution in [3.05, 3.63) is 5.01 Å². The highest BCUT2D eigenvalue weighted by Crippen LogP contribution is 2.34. The third-order valence-corrected chi connectivity index (χ3v) is 4.78. The summed E-state index contributed by atoms with van der Waals surface area (Å²) in [6, 6.07) is 0.916. The van der Waals surface area contributed by atoms with Crippen LogP contribution in [0.2, 0.25) is 0 Å². The quantitative estimate of drug-likeness (QED) is 0.883. The molecule has 6 heteroatoms. The summed E-state index contributed by atoms with van der Waals surface area (Å²) in [7, 11) is 0. The van der Waals surface area contributed by atoms with E-state index >= 15 is 0 Å². The van der Waals surface area contributed by atoms with Gasteiger partial charge in [-0.2, -0.15) is 0 Å². The Morgan fingerprint density at radius 3 is 2.95 bits per heavy atom. The van der Waals surface area contributed by atoms with Gasteiger partial charge in [-0.05, 0) is 25.2 Å². The molecule has 2 N–H and O–H groups in total. The van der Waals surface area contributed by atoms with Crippen molar-refractivity contribution in [1.29, 1.82) is 0 Å². The maximum Gasteiger partial charge on any atom is 0.230 e. The Kier molecular flexibility index (Phi) is 3.54.